The van der Waals surface area contributed by atoms with Crippen molar-refractivity contribution in [1.29, 1.82) is 0 Å². The van der Waals surface area contributed by atoms with Gasteiger partial charge in [-0.05, 0) is 47.9 Å². The lowest BCUT2D eigenvalue weighted by Crippen LogP contribution is -2.23. The molecule has 3 rings (SSSR count). The highest BCUT2D eigenvalue weighted by Crippen LogP contribution is 2.21. The molecule has 0 aliphatic carbocycles. The second-order valence-electron chi connectivity index (χ2n) is 7.59. The van der Waals surface area contributed by atoms with E-state index in [-0.39, 0.29) is 0 Å². The number of benzene rings is 2. The molecule has 2 N–H and O–H groups in total. The monoisotopic (exact) mass is 418 g/mol. The second kappa shape index (κ2) is 11.9. The molecule has 0 aliphatic heterocycles. The molecule has 5 nitrogen and oxygen atoms in total. The zero-order valence-electron chi connectivity index (χ0n) is 18.0. The molecule has 2 aromatic carbocycles. The molecule has 1 amide bonds. The Hall–Kier alpha value is -3.15. The topological polar surface area (TPSA) is 65.7 Å². The number of carbonyl (C=O) groups excluding carboxylic acids is 1. The molecule has 0 saturated heterocycles. The number of hydroxylamine groups is 1. The number of amides is 1. The second-order valence-corrected chi connectivity index (χ2v) is 7.59. The molecule has 31 heavy (non-hydrogen) atoms. The molecule has 1 aromatic heterocycles. The summed E-state index contributed by atoms with van der Waals surface area (Å²) in [6.07, 6.45) is 6.30. The fraction of sp³-hybridized carbons (Fsp3) is 0.269. The van der Waals surface area contributed by atoms with Crippen molar-refractivity contribution in [2.75, 3.05) is 6.54 Å². The van der Waals surface area contributed by atoms with E-state index in [2.05, 4.69) is 60.4 Å². The highest BCUT2D eigenvalue weighted by molar-refractivity contribution is 5.90. The summed E-state index contributed by atoms with van der Waals surface area (Å²) < 4.78 is 5.84. The Morgan fingerprint density at radius 2 is 1.71 bits per heavy atom. The third-order valence-corrected chi connectivity index (χ3v) is 5.12. The summed E-state index contributed by atoms with van der Waals surface area (Å²) >= 11 is 0. The Kier molecular flexibility index (Phi) is 8.64. The number of carbonyl (C=O) groups is 1. The molecule has 0 bridgehead atoms. The number of hydrogen-bond donors (Lipinski definition) is 2. The first kappa shape index (κ1) is 22.5. The first-order valence-corrected chi connectivity index (χ1v) is 10.8. The molecule has 0 spiro atoms. The minimum absolute atomic E-state index is 0.583. The average molecular weight is 419 g/mol. The van der Waals surface area contributed by atoms with Gasteiger partial charge >= 0.3 is 0 Å². The van der Waals surface area contributed by atoms with Crippen molar-refractivity contribution in [2.45, 2.75) is 39.3 Å². The fourth-order valence-electron chi connectivity index (χ4n) is 3.48. The normalized spacial score (nSPS) is 11.3. The summed E-state index contributed by atoms with van der Waals surface area (Å²) in [5.41, 5.74) is 5.28. The smallest absolute Gasteiger partial charge is 0.267 e. The average Bonchev–Trinajstić information content (AvgIpc) is 3.26. The standard InChI is InChI=1S/C26H30N2O3/c1-2-3-7-18-28(20-25-15-14-24(31-25)16-17-26(29)27-30)19-21-10-12-23(13-11-21)22-8-5-4-6-9-22/h4-6,8-17,30H,2-3,7,18-20H2,1H3,(H,27,29)/b17-16+. The van der Waals surface area contributed by atoms with Crippen LogP contribution >= 0.6 is 0 Å². The predicted molar refractivity (Wildman–Crippen MR) is 123 cm³/mol. The molecule has 0 saturated carbocycles. The number of hydrogen-bond acceptors (Lipinski definition) is 4. The van der Waals surface area contributed by atoms with Gasteiger partial charge in [0.1, 0.15) is 11.5 Å². The van der Waals surface area contributed by atoms with Crippen molar-refractivity contribution in [1.82, 2.24) is 10.4 Å². The van der Waals surface area contributed by atoms with E-state index in [4.69, 9.17) is 9.62 Å². The van der Waals surface area contributed by atoms with Gasteiger partial charge in [-0.2, -0.15) is 0 Å². The highest BCUT2D eigenvalue weighted by atomic mass is 16.5. The first-order valence-electron chi connectivity index (χ1n) is 10.8. The van der Waals surface area contributed by atoms with Gasteiger partial charge in [0.2, 0.25) is 0 Å². The van der Waals surface area contributed by atoms with Crippen LogP contribution in [0.15, 0.2) is 77.2 Å². The van der Waals surface area contributed by atoms with Gasteiger partial charge in [-0.1, -0.05) is 74.4 Å². The van der Waals surface area contributed by atoms with Crippen LogP contribution in [0.5, 0.6) is 0 Å². The minimum Gasteiger partial charge on any atom is -0.460 e. The first-order chi connectivity index (χ1) is 15.2. The Morgan fingerprint density at radius 1 is 0.968 bits per heavy atom. The molecule has 0 fully saturated rings. The lowest BCUT2D eigenvalue weighted by molar-refractivity contribution is -0.124. The number of nitrogens with zero attached hydrogens (tertiary/aromatic N) is 1. The van der Waals surface area contributed by atoms with E-state index in [0.717, 1.165) is 25.3 Å². The Balaban J connectivity index is 1.66. The minimum atomic E-state index is -0.585. The van der Waals surface area contributed by atoms with Crippen LogP contribution in [0.3, 0.4) is 0 Å². The molecule has 1 heterocycles. The van der Waals surface area contributed by atoms with Gasteiger partial charge in [-0.15, -0.1) is 0 Å². The van der Waals surface area contributed by atoms with Crippen LogP contribution in [0, 0.1) is 0 Å². The maximum Gasteiger partial charge on any atom is 0.267 e. The van der Waals surface area contributed by atoms with E-state index in [1.165, 1.54) is 35.6 Å². The highest BCUT2D eigenvalue weighted by Gasteiger charge is 2.10. The Morgan fingerprint density at radius 3 is 2.42 bits per heavy atom. The summed E-state index contributed by atoms with van der Waals surface area (Å²) in [4.78, 5) is 13.5. The van der Waals surface area contributed by atoms with Crippen LogP contribution < -0.4 is 5.48 Å². The molecule has 0 atom stereocenters. The number of furan rings is 1. The van der Waals surface area contributed by atoms with Gasteiger partial charge in [0.05, 0.1) is 6.54 Å². The number of rotatable bonds is 11. The molecule has 3 aromatic rings. The van der Waals surface area contributed by atoms with E-state index in [0.29, 0.717) is 12.3 Å². The molecule has 5 heteroatoms. The van der Waals surface area contributed by atoms with Gasteiger partial charge in [-0.25, -0.2) is 5.48 Å². The SMILES string of the molecule is CCCCCN(Cc1ccc(-c2ccccc2)cc1)Cc1ccc(/C=C/C(=O)NO)o1. The van der Waals surface area contributed by atoms with Gasteiger partial charge in [0.15, 0.2) is 0 Å². The largest absolute Gasteiger partial charge is 0.460 e. The van der Waals surface area contributed by atoms with Crippen molar-refractivity contribution in [3.8, 4) is 11.1 Å². The van der Waals surface area contributed by atoms with Crippen molar-refractivity contribution >= 4 is 12.0 Å². The van der Waals surface area contributed by atoms with Crippen molar-refractivity contribution in [2.24, 2.45) is 0 Å². The maximum atomic E-state index is 11.1. The van der Waals surface area contributed by atoms with E-state index >= 15 is 0 Å². The van der Waals surface area contributed by atoms with Crippen LogP contribution in [0.4, 0.5) is 0 Å². The van der Waals surface area contributed by atoms with E-state index in [1.807, 2.05) is 18.2 Å². The molecule has 162 valence electrons. The fourth-order valence-corrected chi connectivity index (χ4v) is 3.48. The summed E-state index contributed by atoms with van der Waals surface area (Å²) in [7, 11) is 0. The van der Waals surface area contributed by atoms with Crippen LogP contribution in [0.25, 0.3) is 17.2 Å². The van der Waals surface area contributed by atoms with Crippen molar-refractivity contribution < 1.29 is 14.4 Å². The summed E-state index contributed by atoms with van der Waals surface area (Å²) in [5, 5.41) is 8.57. The van der Waals surface area contributed by atoms with Crippen LogP contribution in [0.1, 0.15) is 43.3 Å². The van der Waals surface area contributed by atoms with Crippen LogP contribution in [-0.4, -0.2) is 22.6 Å². The maximum absolute atomic E-state index is 11.1. The van der Waals surface area contributed by atoms with E-state index < -0.39 is 5.91 Å². The third-order valence-electron chi connectivity index (χ3n) is 5.12. The zero-order chi connectivity index (χ0) is 21.9. The Bertz CT molecular complexity index is 962. The molecular formula is C26H30N2O3. The van der Waals surface area contributed by atoms with Gasteiger partial charge in [0, 0.05) is 12.6 Å². The van der Waals surface area contributed by atoms with Crippen LogP contribution in [0.2, 0.25) is 0 Å². The molecule has 0 unspecified atom stereocenters. The van der Waals surface area contributed by atoms with Crippen LogP contribution in [-0.2, 0) is 17.9 Å². The quantitative estimate of drug-likeness (QED) is 0.183. The van der Waals surface area contributed by atoms with Gasteiger partial charge < -0.3 is 4.42 Å². The number of nitrogens with one attached hydrogen (secondary N) is 1. The summed E-state index contributed by atoms with van der Waals surface area (Å²) in [6, 6.07) is 22.9. The predicted octanol–water partition coefficient (Wildman–Crippen LogP) is 5.66. The number of unbranched alkanes of at least 4 members (excludes halogenated alkanes) is 2. The molecular weight excluding hydrogens is 388 g/mol. The Labute approximate surface area is 184 Å². The third kappa shape index (κ3) is 7.24. The van der Waals surface area contributed by atoms with Gasteiger partial charge in [0.25, 0.3) is 5.91 Å². The lowest BCUT2D eigenvalue weighted by atomic mass is 10.0. The summed E-state index contributed by atoms with van der Waals surface area (Å²) in [5.74, 6) is 0.846. The lowest BCUT2D eigenvalue weighted by Gasteiger charge is -2.21. The van der Waals surface area contributed by atoms with Crippen molar-refractivity contribution in [3.05, 3.63) is 89.9 Å². The zero-order valence-corrected chi connectivity index (χ0v) is 18.0. The van der Waals surface area contributed by atoms with E-state index in [9.17, 15) is 4.79 Å². The van der Waals surface area contributed by atoms with Gasteiger partial charge in [-0.3, -0.25) is 14.9 Å². The summed E-state index contributed by atoms with van der Waals surface area (Å²) in [6.45, 7) is 4.75. The molecule has 0 aliphatic rings. The van der Waals surface area contributed by atoms with E-state index in [1.54, 1.807) is 11.6 Å². The molecule has 0 radical (unpaired) electrons. The van der Waals surface area contributed by atoms with Crippen molar-refractivity contribution in [3.63, 3.8) is 0 Å².